The number of thiazole rings is 2. The summed E-state index contributed by atoms with van der Waals surface area (Å²) in [6, 6.07) is 4.77. The second-order valence-corrected chi connectivity index (χ2v) is 16.4. The average molecular weight is 601 g/mol. The summed E-state index contributed by atoms with van der Waals surface area (Å²) < 4.78 is 0. The number of thiophene rings is 2. The molecule has 1 atom stereocenters. The third-order valence-corrected chi connectivity index (χ3v) is 12.1. The van der Waals surface area contributed by atoms with Crippen LogP contribution in [0, 0.1) is 25.7 Å². The van der Waals surface area contributed by atoms with Gasteiger partial charge < -0.3 is 0 Å². The van der Waals surface area contributed by atoms with Crippen molar-refractivity contribution in [2.75, 3.05) is 0 Å². The number of aromatic nitrogens is 2. The SMILES string of the molecule is CCCCCCCCCCCCC(C)Cc1cc(-c2nc3sc(-c4sc(C)cc4CC(C)C)nc3s2)sc1C. The Bertz CT molecular complexity index is 1260. The molecule has 0 aliphatic heterocycles. The molecule has 0 saturated heterocycles. The molecule has 0 bridgehead atoms. The number of fused-ring (bicyclic) bond motifs is 1. The molecule has 214 valence electrons. The van der Waals surface area contributed by atoms with E-state index in [0.717, 1.165) is 32.0 Å². The van der Waals surface area contributed by atoms with E-state index in [9.17, 15) is 0 Å². The Labute approximate surface area is 253 Å². The minimum Gasteiger partial charge on any atom is -0.222 e. The van der Waals surface area contributed by atoms with Gasteiger partial charge in [0.25, 0.3) is 0 Å². The molecule has 4 rings (SSSR count). The second-order valence-electron chi connectivity index (χ2n) is 11.9. The monoisotopic (exact) mass is 600 g/mol. The van der Waals surface area contributed by atoms with Crippen LogP contribution in [0.5, 0.6) is 0 Å². The Balaban J connectivity index is 1.28. The molecule has 4 aromatic rings. The van der Waals surface area contributed by atoms with Crippen LogP contribution >= 0.6 is 45.3 Å². The van der Waals surface area contributed by atoms with Crippen LogP contribution in [-0.4, -0.2) is 9.97 Å². The van der Waals surface area contributed by atoms with Crippen molar-refractivity contribution in [3.8, 4) is 19.8 Å². The predicted octanol–water partition coefficient (Wildman–Crippen LogP) is 12.5. The molecule has 6 heteroatoms. The van der Waals surface area contributed by atoms with Crippen molar-refractivity contribution in [1.29, 1.82) is 0 Å². The molecule has 0 amide bonds. The molecule has 2 nitrogen and oxygen atoms in total. The Morgan fingerprint density at radius 1 is 0.667 bits per heavy atom. The predicted molar refractivity (Wildman–Crippen MR) is 179 cm³/mol. The van der Waals surface area contributed by atoms with E-state index in [1.54, 1.807) is 22.7 Å². The first-order valence-electron chi connectivity index (χ1n) is 15.3. The van der Waals surface area contributed by atoms with Crippen molar-refractivity contribution < 1.29 is 0 Å². The number of hydrogen-bond donors (Lipinski definition) is 0. The van der Waals surface area contributed by atoms with Gasteiger partial charge in [-0.15, -0.1) is 22.7 Å². The van der Waals surface area contributed by atoms with Crippen LogP contribution in [0.4, 0.5) is 0 Å². The highest BCUT2D eigenvalue weighted by atomic mass is 32.1. The molecule has 4 heterocycles. The summed E-state index contributed by atoms with van der Waals surface area (Å²) in [5.41, 5.74) is 2.97. The van der Waals surface area contributed by atoms with E-state index in [1.807, 2.05) is 22.7 Å². The molecule has 1 unspecified atom stereocenters. The van der Waals surface area contributed by atoms with Crippen molar-refractivity contribution in [3.05, 3.63) is 33.0 Å². The van der Waals surface area contributed by atoms with Gasteiger partial charge in [0.05, 0.1) is 9.75 Å². The van der Waals surface area contributed by atoms with E-state index in [4.69, 9.17) is 9.97 Å². The molecule has 0 fully saturated rings. The van der Waals surface area contributed by atoms with Crippen molar-refractivity contribution >= 4 is 55.0 Å². The Morgan fingerprint density at radius 2 is 1.28 bits per heavy atom. The van der Waals surface area contributed by atoms with Gasteiger partial charge >= 0.3 is 0 Å². The minimum absolute atomic E-state index is 0.650. The van der Waals surface area contributed by atoms with Gasteiger partial charge in [0, 0.05) is 9.75 Å². The minimum atomic E-state index is 0.650. The molecule has 0 aromatic carbocycles. The fourth-order valence-electron chi connectivity index (χ4n) is 5.47. The van der Waals surface area contributed by atoms with Crippen LogP contribution in [-0.2, 0) is 12.8 Å². The summed E-state index contributed by atoms with van der Waals surface area (Å²) in [6.07, 6.45) is 17.8. The molecule has 0 spiro atoms. The first-order chi connectivity index (χ1) is 18.8. The average Bonchev–Trinajstić information content (AvgIpc) is 3.63. The van der Waals surface area contributed by atoms with Gasteiger partial charge in [-0.05, 0) is 61.8 Å². The van der Waals surface area contributed by atoms with E-state index in [-0.39, 0.29) is 0 Å². The molecule has 39 heavy (non-hydrogen) atoms. The summed E-state index contributed by atoms with van der Waals surface area (Å²) in [4.78, 5) is 17.8. The van der Waals surface area contributed by atoms with Gasteiger partial charge in [-0.2, -0.15) is 0 Å². The summed E-state index contributed by atoms with van der Waals surface area (Å²) in [5, 5.41) is 2.29. The molecule has 0 N–H and O–H groups in total. The zero-order valence-electron chi connectivity index (χ0n) is 25.0. The van der Waals surface area contributed by atoms with E-state index < -0.39 is 0 Å². The molecule has 0 aliphatic carbocycles. The van der Waals surface area contributed by atoms with Crippen molar-refractivity contribution in [2.24, 2.45) is 11.8 Å². The van der Waals surface area contributed by atoms with Gasteiger partial charge in [0.1, 0.15) is 10.0 Å². The second kappa shape index (κ2) is 15.2. The molecule has 4 aromatic heterocycles. The maximum Gasteiger partial charge on any atom is 0.155 e. The maximum atomic E-state index is 5.06. The third-order valence-electron chi connectivity index (χ3n) is 7.58. The van der Waals surface area contributed by atoms with Crippen molar-refractivity contribution in [1.82, 2.24) is 9.97 Å². The zero-order chi connectivity index (χ0) is 27.8. The Kier molecular flexibility index (Phi) is 12.1. The quantitative estimate of drug-likeness (QED) is 0.113. The van der Waals surface area contributed by atoms with Gasteiger partial charge in [-0.25, -0.2) is 9.97 Å². The van der Waals surface area contributed by atoms with Crippen LogP contribution < -0.4 is 0 Å². The third kappa shape index (κ3) is 8.95. The summed E-state index contributed by atoms with van der Waals surface area (Å²) in [6.45, 7) is 13.8. The number of unbranched alkanes of at least 4 members (excludes halogenated alkanes) is 9. The largest absolute Gasteiger partial charge is 0.222 e. The molecule has 0 aliphatic rings. The van der Waals surface area contributed by atoms with E-state index >= 15 is 0 Å². The molecule has 0 radical (unpaired) electrons. The number of rotatable bonds is 17. The lowest BCUT2D eigenvalue weighted by Crippen LogP contribution is -2.00. The van der Waals surface area contributed by atoms with Gasteiger partial charge in [0.15, 0.2) is 9.66 Å². The van der Waals surface area contributed by atoms with E-state index in [0.29, 0.717) is 5.92 Å². The lowest BCUT2D eigenvalue weighted by atomic mass is 9.95. The van der Waals surface area contributed by atoms with Crippen LogP contribution in [0.3, 0.4) is 0 Å². The highest BCUT2D eigenvalue weighted by Crippen LogP contribution is 2.42. The highest BCUT2D eigenvalue weighted by Gasteiger charge is 2.19. The number of hydrogen-bond acceptors (Lipinski definition) is 6. The van der Waals surface area contributed by atoms with Crippen LogP contribution in [0.1, 0.15) is 119 Å². The summed E-state index contributed by atoms with van der Waals surface area (Å²) >= 11 is 7.32. The van der Waals surface area contributed by atoms with Crippen LogP contribution in [0.25, 0.3) is 29.4 Å². The fraction of sp³-hybridized carbons (Fsp3) is 0.636. The standard InChI is InChI=1S/C33H48N2S4/c1-7-8-9-10-11-12-13-14-15-16-17-23(4)19-26-21-28(37-25(26)6)30-34-32-33(38-30)35-31(39-32)29-27(18-22(2)3)20-24(5)36-29/h20-23H,7-19H2,1-6H3. The van der Waals surface area contributed by atoms with Crippen molar-refractivity contribution in [2.45, 2.75) is 125 Å². The first kappa shape index (κ1) is 30.9. The lowest BCUT2D eigenvalue weighted by molar-refractivity contribution is 0.477. The fourth-order valence-corrected chi connectivity index (χ4v) is 9.76. The normalized spacial score (nSPS) is 12.8. The van der Waals surface area contributed by atoms with E-state index in [2.05, 4.69) is 53.7 Å². The topological polar surface area (TPSA) is 25.8 Å². The van der Waals surface area contributed by atoms with Gasteiger partial charge in [0.2, 0.25) is 0 Å². The molecular weight excluding hydrogens is 553 g/mol. The van der Waals surface area contributed by atoms with Gasteiger partial charge in [-0.1, -0.05) is 121 Å². The first-order valence-corrected chi connectivity index (χ1v) is 18.6. The number of aryl methyl sites for hydroxylation is 2. The maximum absolute atomic E-state index is 5.06. The molecular formula is C33H48N2S4. The Hall–Kier alpha value is -1.08. The van der Waals surface area contributed by atoms with Crippen LogP contribution in [0.15, 0.2) is 12.1 Å². The lowest BCUT2D eigenvalue weighted by Gasteiger charge is -2.11. The summed E-state index contributed by atoms with van der Waals surface area (Å²) in [5.74, 6) is 1.40. The highest BCUT2D eigenvalue weighted by molar-refractivity contribution is 7.32. The number of nitrogens with zero attached hydrogens (tertiary/aromatic N) is 2. The smallest absolute Gasteiger partial charge is 0.155 e. The summed E-state index contributed by atoms with van der Waals surface area (Å²) in [7, 11) is 0. The van der Waals surface area contributed by atoms with Gasteiger partial charge in [-0.3, -0.25) is 0 Å². The van der Waals surface area contributed by atoms with Crippen LogP contribution in [0.2, 0.25) is 0 Å². The van der Waals surface area contributed by atoms with E-state index in [1.165, 1.54) is 108 Å². The van der Waals surface area contributed by atoms with Crippen molar-refractivity contribution in [3.63, 3.8) is 0 Å². The zero-order valence-corrected chi connectivity index (χ0v) is 28.3. The Morgan fingerprint density at radius 3 is 1.95 bits per heavy atom. The molecule has 0 saturated carbocycles.